The molecule has 0 rings (SSSR count). The second-order valence-electron chi connectivity index (χ2n) is 9.86. The Bertz CT molecular complexity index is 406. The van der Waals surface area contributed by atoms with Gasteiger partial charge in [0.1, 0.15) is 0 Å². The molecule has 2 unspecified atom stereocenters. The third-order valence-corrected chi connectivity index (χ3v) is 6.85. The zero-order valence-electron chi connectivity index (χ0n) is 23.4. The maximum absolute atomic E-state index is 11.6. The molecule has 2 atom stereocenters. The Morgan fingerprint density at radius 1 is 0.529 bits per heavy atom. The molecule has 0 fully saturated rings. The van der Waals surface area contributed by atoms with Gasteiger partial charge in [-0.2, -0.15) is 0 Å². The topological polar surface area (TPSA) is 77.4 Å². The zero-order chi connectivity index (χ0) is 23.9. The first-order valence-corrected chi connectivity index (χ1v) is 14.0. The summed E-state index contributed by atoms with van der Waals surface area (Å²) in [4.78, 5) is 23.0. The van der Waals surface area contributed by atoms with E-state index in [9.17, 15) is 19.8 Å². The molecule has 190 valence electrons. The maximum Gasteiger partial charge on any atom is 1.00 e. The molecule has 0 saturated carbocycles. The van der Waals surface area contributed by atoms with Gasteiger partial charge >= 0.3 is 65.1 Å². The molecule has 0 aromatic rings. The molecule has 0 aromatic heterocycles. The quantitative estimate of drug-likeness (QED) is 0.153. The van der Waals surface area contributed by atoms with E-state index in [1.165, 1.54) is 77.0 Å². The van der Waals surface area contributed by atoms with Crippen LogP contribution in [0.3, 0.4) is 0 Å². The fraction of sp³-hybridized carbons (Fsp3) is 0.929. The predicted octanol–water partition coefficient (Wildman–Crippen LogP) is 1.68. The molecule has 0 saturated heterocycles. The van der Waals surface area contributed by atoms with Crippen molar-refractivity contribution < 1.29 is 78.9 Å². The number of carbonyl (C=O) groups is 2. The van der Waals surface area contributed by atoms with Gasteiger partial charge in [0.2, 0.25) is 0 Å². The Morgan fingerprint density at radius 2 is 0.794 bits per heavy atom. The molecular formula is C28H53Na2O4+. The number of hydrogen-bond acceptors (Lipinski definition) is 3. The Morgan fingerprint density at radius 3 is 1.09 bits per heavy atom. The smallest absolute Gasteiger partial charge is 0.550 e. The molecule has 0 amide bonds. The van der Waals surface area contributed by atoms with Crippen LogP contribution in [-0.2, 0) is 9.59 Å². The predicted molar refractivity (Wildman–Crippen MR) is 133 cm³/mol. The van der Waals surface area contributed by atoms with Crippen molar-refractivity contribution >= 4 is 11.9 Å². The fourth-order valence-corrected chi connectivity index (χ4v) is 4.60. The third-order valence-electron chi connectivity index (χ3n) is 6.85. The van der Waals surface area contributed by atoms with E-state index >= 15 is 0 Å². The molecule has 0 aromatic carbocycles. The van der Waals surface area contributed by atoms with Crippen LogP contribution in [0.1, 0.15) is 155 Å². The minimum Gasteiger partial charge on any atom is -0.550 e. The standard InChI is InChI=1S/C28H54O4.2Na/c1-3-5-7-9-11-13-15-17-21-25(27(29)30)23-19-20-24-26(28(31)32)22-18-16-14-12-10-8-6-4-2;;/h25-26H,3-24H2,1-2H3,(H,29,30)(H,31,32);;/q;2*+1/p-1. The largest absolute Gasteiger partial charge is 1.00 e. The summed E-state index contributed by atoms with van der Waals surface area (Å²) < 4.78 is 0. The van der Waals surface area contributed by atoms with Gasteiger partial charge in [-0.25, -0.2) is 0 Å². The molecule has 0 radical (unpaired) electrons. The van der Waals surface area contributed by atoms with Gasteiger partial charge in [-0.15, -0.1) is 0 Å². The van der Waals surface area contributed by atoms with Crippen molar-refractivity contribution in [3.05, 3.63) is 0 Å². The van der Waals surface area contributed by atoms with Crippen molar-refractivity contribution in [3.8, 4) is 0 Å². The number of carbonyl (C=O) groups excluding carboxylic acids is 1. The first-order valence-electron chi connectivity index (χ1n) is 14.0. The molecule has 0 aliphatic rings. The first kappa shape index (κ1) is 39.5. The van der Waals surface area contributed by atoms with Gasteiger partial charge in [-0.1, -0.05) is 129 Å². The van der Waals surface area contributed by atoms with Gasteiger partial charge in [0.15, 0.2) is 0 Å². The third kappa shape index (κ3) is 26.0. The van der Waals surface area contributed by atoms with Crippen LogP contribution >= 0.6 is 0 Å². The van der Waals surface area contributed by atoms with Crippen molar-refractivity contribution in [1.29, 1.82) is 0 Å². The molecule has 0 aliphatic heterocycles. The second kappa shape index (κ2) is 30.2. The van der Waals surface area contributed by atoms with Gasteiger partial charge in [-0.3, -0.25) is 4.79 Å². The van der Waals surface area contributed by atoms with Crippen LogP contribution in [0.4, 0.5) is 0 Å². The Kier molecular flexibility index (Phi) is 35.0. The maximum atomic E-state index is 11.6. The summed E-state index contributed by atoms with van der Waals surface area (Å²) in [6.07, 6.45) is 23.9. The van der Waals surface area contributed by atoms with Crippen LogP contribution in [0.2, 0.25) is 0 Å². The van der Waals surface area contributed by atoms with E-state index in [0.29, 0.717) is 19.3 Å². The van der Waals surface area contributed by atoms with Crippen LogP contribution < -0.4 is 64.2 Å². The number of unbranched alkanes of at least 4 members (excludes halogenated alkanes) is 15. The zero-order valence-corrected chi connectivity index (χ0v) is 27.4. The van der Waals surface area contributed by atoms with Crippen LogP contribution in [0.5, 0.6) is 0 Å². The molecule has 4 nitrogen and oxygen atoms in total. The average molecular weight is 500 g/mol. The summed E-state index contributed by atoms with van der Waals surface area (Å²) in [5.41, 5.74) is 0. The van der Waals surface area contributed by atoms with E-state index in [2.05, 4.69) is 13.8 Å². The Balaban J connectivity index is -0.00000480. The Labute approximate surface area is 255 Å². The molecule has 34 heavy (non-hydrogen) atoms. The molecule has 0 spiro atoms. The van der Waals surface area contributed by atoms with Gasteiger partial charge in [0.05, 0.1) is 5.92 Å². The first-order chi connectivity index (χ1) is 15.5. The molecule has 1 N–H and O–H groups in total. The SMILES string of the molecule is CCCCCCCCCCC(CCCCC(CCCCCCCCCC)C(=O)O)C(=O)[O-].[Na+].[Na+]. The summed E-state index contributed by atoms with van der Waals surface area (Å²) >= 11 is 0. The number of carboxylic acid groups (broad SMARTS) is 2. The van der Waals surface area contributed by atoms with Crippen LogP contribution in [0, 0.1) is 11.8 Å². The molecule has 6 heteroatoms. The monoisotopic (exact) mass is 499 g/mol. The van der Waals surface area contributed by atoms with Crippen molar-refractivity contribution in [2.45, 2.75) is 155 Å². The number of rotatable bonds is 25. The second-order valence-corrected chi connectivity index (χ2v) is 9.86. The van der Waals surface area contributed by atoms with Crippen molar-refractivity contribution in [3.63, 3.8) is 0 Å². The summed E-state index contributed by atoms with van der Waals surface area (Å²) in [7, 11) is 0. The van der Waals surface area contributed by atoms with Gasteiger partial charge in [0, 0.05) is 5.97 Å². The van der Waals surface area contributed by atoms with Crippen molar-refractivity contribution in [2.24, 2.45) is 11.8 Å². The van der Waals surface area contributed by atoms with Crippen LogP contribution in [0.15, 0.2) is 0 Å². The van der Waals surface area contributed by atoms with E-state index in [1.54, 1.807) is 0 Å². The minimum absolute atomic E-state index is 0. The number of carboxylic acids is 2. The molecule has 0 bridgehead atoms. The summed E-state index contributed by atoms with van der Waals surface area (Å²) in [6, 6.07) is 0. The van der Waals surface area contributed by atoms with E-state index in [-0.39, 0.29) is 71.0 Å². The number of hydrogen-bond donors (Lipinski definition) is 1. The fourth-order valence-electron chi connectivity index (χ4n) is 4.60. The van der Waals surface area contributed by atoms with E-state index in [4.69, 9.17) is 0 Å². The number of aliphatic carboxylic acids is 2. The van der Waals surface area contributed by atoms with E-state index in [0.717, 1.165) is 44.9 Å². The summed E-state index contributed by atoms with van der Waals surface area (Å²) in [5, 5.41) is 21.0. The molecule has 0 heterocycles. The normalized spacial score (nSPS) is 12.4. The van der Waals surface area contributed by atoms with Gasteiger partial charge in [-0.05, 0) is 31.6 Å². The van der Waals surface area contributed by atoms with Crippen LogP contribution in [0.25, 0.3) is 0 Å². The van der Waals surface area contributed by atoms with Crippen molar-refractivity contribution in [2.75, 3.05) is 0 Å². The van der Waals surface area contributed by atoms with E-state index in [1.807, 2.05) is 0 Å². The van der Waals surface area contributed by atoms with Gasteiger partial charge < -0.3 is 15.0 Å². The van der Waals surface area contributed by atoms with E-state index < -0.39 is 11.9 Å². The van der Waals surface area contributed by atoms with Gasteiger partial charge in [0.25, 0.3) is 0 Å². The van der Waals surface area contributed by atoms with Crippen molar-refractivity contribution in [1.82, 2.24) is 0 Å². The minimum atomic E-state index is -0.929. The van der Waals surface area contributed by atoms with Crippen LogP contribution in [-0.4, -0.2) is 17.0 Å². The molecular weight excluding hydrogens is 446 g/mol. The molecule has 0 aliphatic carbocycles. The summed E-state index contributed by atoms with van der Waals surface area (Å²) in [6.45, 7) is 4.45. The Hall–Kier alpha value is 0.940. The average Bonchev–Trinajstić information content (AvgIpc) is 2.76. The summed E-state index contributed by atoms with van der Waals surface area (Å²) in [5.74, 6) is -2.26.